The van der Waals surface area contributed by atoms with Crippen molar-refractivity contribution in [3.63, 3.8) is 0 Å². The molecule has 0 radical (unpaired) electrons. The number of ketones is 1. The Labute approximate surface area is 200 Å². The molecule has 1 aliphatic heterocycles. The van der Waals surface area contributed by atoms with Gasteiger partial charge in [-0.2, -0.15) is 5.01 Å². The summed E-state index contributed by atoms with van der Waals surface area (Å²) in [5.41, 5.74) is 1.69. The molecule has 33 heavy (non-hydrogen) atoms. The Morgan fingerprint density at radius 2 is 1.36 bits per heavy atom. The van der Waals surface area contributed by atoms with Crippen molar-refractivity contribution in [3.05, 3.63) is 105 Å². The van der Waals surface area contributed by atoms with Gasteiger partial charge >= 0.3 is 0 Å². The summed E-state index contributed by atoms with van der Waals surface area (Å²) in [6.45, 7) is 3.36. The molecule has 0 aliphatic carbocycles. The first-order valence-corrected chi connectivity index (χ1v) is 10.8. The van der Waals surface area contributed by atoms with E-state index in [0.717, 1.165) is 15.6 Å². The molecule has 1 heterocycles. The highest BCUT2D eigenvalue weighted by molar-refractivity contribution is 6.42. The zero-order valence-electron chi connectivity index (χ0n) is 17.7. The van der Waals surface area contributed by atoms with Crippen molar-refractivity contribution in [3.8, 4) is 0 Å². The first kappa shape index (κ1) is 22.7. The molecule has 3 amide bonds. The van der Waals surface area contributed by atoms with Crippen molar-refractivity contribution in [2.24, 2.45) is 0 Å². The molecule has 0 spiro atoms. The minimum atomic E-state index is -1.17. The fraction of sp³-hybridized carbons (Fsp3) is 0.120. The lowest BCUT2D eigenvalue weighted by molar-refractivity contribution is -0.00680. The number of carbonyl (C=O) groups excluding carboxylic acids is 4. The Bertz CT molecular complexity index is 1270. The van der Waals surface area contributed by atoms with Crippen molar-refractivity contribution >= 4 is 46.7 Å². The molecule has 6 nitrogen and oxygen atoms in total. The maximum Gasteiger partial charge on any atom is 0.280 e. The molecular weight excluding hydrogens is 463 g/mol. The van der Waals surface area contributed by atoms with Crippen LogP contribution in [0.4, 0.5) is 0 Å². The third-order valence-corrected chi connectivity index (χ3v) is 6.18. The summed E-state index contributed by atoms with van der Waals surface area (Å²) in [6.07, 6.45) is 0. The number of carbonyl (C=O) groups is 4. The van der Waals surface area contributed by atoms with Gasteiger partial charge in [0.2, 0.25) is 0 Å². The van der Waals surface area contributed by atoms with Gasteiger partial charge in [0, 0.05) is 11.1 Å². The molecule has 0 bridgehead atoms. The van der Waals surface area contributed by atoms with Gasteiger partial charge in [-0.3, -0.25) is 19.2 Å². The maximum atomic E-state index is 13.6. The topological polar surface area (TPSA) is 74.8 Å². The highest BCUT2D eigenvalue weighted by Crippen LogP contribution is 2.29. The van der Waals surface area contributed by atoms with Gasteiger partial charge in [0.1, 0.15) is 6.04 Å². The Morgan fingerprint density at radius 3 is 1.91 bits per heavy atom. The first-order chi connectivity index (χ1) is 15.7. The number of imide groups is 1. The van der Waals surface area contributed by atoms with E-state index in [0.29, 0.717) is 5.56 Å². The van der Waals surface area contributed by atoms with E-state index < -0.39 is 29.5 Å². The number of hydrazine groups is 1. The van der Waals surface area contributed by atoms with E-state index in [4.69, 9.17) is 23.2 Å². The molecular formula is C25H18Cl2N2O4. The van der Waals surface area contributed by atoms with Crippen LogP contribution in [0.3, 0.4) is 0 Å². The molecule has 0 N–H and O–H groups in total. The molecule has 8 heteroatoms. The van der Waals surface area contributed by atoms with Gasteiger partial charge < -0.3 is 0 Å². The highest BCUT2D eigenvalue weighted by Gasteiger charge is 2.44. The normalized spacial score (nSPS) is 13.6. The molecule has 0 saturated carbocycles. The van der Waals surface area contributed by atoms with E-state index in [2.05, 4.69) is 0 Å². The number of hydrogen-bond donors (Lipinski definition) is 0. The van der Waals surface area contributed by atoms with E-state index in [1.54, 1.807) is 36.4 Å². The molecule has 166 valence electrons. The summed E-state index contributed by atoms with van der Waals surface area (Å²) in [5, 5.41) is 1.99. The average molecular weight is 481 g/mol. The smallest absolute Gasteiger partial charge is 0.280 e. The summed E-state index contributed by atoms with van der Waals surface area (Å²) in [4.78, 5) is 53.2. The molecule has 0 unspecified atom stereocenters. The number of Topliss-reactive ketones (excluding diaryl/α,β-unsaturated/α-hetero) is 1. The van der Waals surface area contributed by atoms with Crippen LogP contribution in [0, 0.1) is 6.92 Å². The Balaban J connectivity index is 1.80. The van der Waals surface area contributed by atoms with Gasteiger partial charge in [-0.1, -0.05) is 65.2 Å². The van der Waals surface area contributed by atoms with Crippen LogP contribution in [0.5, 0.6) is 0 Å². The molecule has 1 aliphatic rings. The Hall–Kier alpha value is -3.48. The molecule has 0 aromatic heterocycles. The van der Waals surface area contributed by atoms with Crippen molar-refractivity contribution in [2.45, 2.75) is 19.9 Å². The average Bonchev–Trinajstić information content (AvgIpc) is 3.06. The van der Waals surface area contributed by atoms with Crippen LogP contribution >= 0.6 is 23.2 Å². The van der Waals surface area contributed by atoms with E-state index in [-0.39, 0.29) is 26.7 Å². The molecule has 0 saturated heterocycles. The van der Waals surface area contributed by atoms with Crippen LogP contribution in [-0.2, 0) is 0 Å². The minimum Gasteiger partial charge on any atom is -0.292 e. The Kier molecular flexibility index (Phi) is 6.06. The van der Waals surface area contributed by atoms with E-state index >= 15 is 0 Å². The third kappa shape index (κ3) is 4.03. The van der Waals surface area contributed by atoms with Crippen LogP contribution in [0.2, 0.25) is 10.0 Å². The van der Waals surface area contributed by atoms with Crippen LogP contribution in [0.15, 0.2) is 66.7 Å². The first-order valence-electron chi connectivity index (χ1n) is 10.1. The van der Waals surface area contributed by atoms with Crippen LogP contribution in [-0.4, -0.2) is 39.6 Å². The van der Waals surface area contributed by atoms with Crippen molar-refractivity contribution in [2.75, 3.05) is 0 Å². The lowest BCUT2D eigenvalue weighted by atomic mass is 10.0. The van der Waals surface area contributed by atoms with Crippen molar-refractivity contribution < 1.29 is 19.2 Å². The predicted molar refractivity (Wildman–Crippen MR) is 125 cm³/mol. The van der Waals surface area contributed by atoms with Crippen LogP contribution in [0.25, 0.3) is 0 Å². The SMILES string of the molecule is Cc1ccc(C(=O)[C@@H](C)N(C(=O)c2ccc(Cl)c(Cl)c2)N2C(=O)c3ccccc3C2=O)cc1. The van der Waals surface area contributed by atoms with Gasteiger partial charge in [-0.15, -0.1) is 0 Å². The zero-order valence-corrected chi connectivity index (χ0v) is 19.2. The fourth-order valence-electron chi connectivity index (χ4n) is 3.64. The van der Waals surface area contributed by atoms with Crippen LogP contribution in [0.1, 0.15) is 53.9 Å². The molecule has 3 aromatic carbocycles. The molecule has 1 atom stereocenters. The number of hydrogen-bond acceptors (Lipinski definition) is 4. The second kappa shape index (κ2) is 8.81. The Morgan fingerprint density at radius 1 is 0.818 bits per heavy atom. The fourth-order valence-corrected chi connectivity index (χ4v) is 3.94. The van der Waals surface area contributed by atoms with Gasteiger partial charge in [-0.25, -0.2) is 5.01 Å². The number of rotatable bonds is 5. The summed E-state index contributed by atoms with van der Waals surface area (Å²) < 4.78 is 0. The second-order valence-electron chi connectivity index (χ2n) is 7.65. The molecule has 3 aromatic rings. The van der Waals surface area contributed by atoms with E-state index in [9.17, 15) is 19.2 Å². The van der Waals surface area contributed by atoms with Crippen LogP contribution < -0.4 is 0 Å². The molecule has 4 rings (SSSR count). The van der Waals surface area contributed by atoms with Gasteiger partial charge in [0.05, 0.1) is 21.2 Å². The summed E-state index contributed by atoms with van der Waals surface area (Å²) in [6, 6.07) is 16.1. The molecule has 0 fully saturated rings. The van der Waals surface area contributed by atoms with E-state index in [1.807, 2.05) is 6.92 Å². The maximum absolute atomic E-state index is 13.6. The van der Waals surface area contributed by atoms with Gasteiger partial charge in [0.15, 0.2) is 5.78 Å². The zero-order chi connectivity index (χ0) is 23.9. The largest absolute Gasteiger partial charge is 0.292 e. The summed E-state index contributed by atoms with van der Waals surface area (Å²) >= 11 is 12.1. The van der Waals surface area contributed by atoms with E-state index in [1.165, 1.54) is 37.3 Å². The van der Waals surface area contributed by atoms with Crippen molar-refractivity contribution in [1.82, 2.24) is 10.0 Å². The lowest BCUT2D eigenvalue weighted by Gasteiger charge is -2.34. The number of aryl methyl sites for hydroxylation is 1. The number of amides is 3. The van der Waals surface area contributed by atoms with Gasteiger partial charge in [-0.05, 0) is 44.2 Å². The number of benzene rings is 3. The minimum absolute atomic E-state index is 0.0736. The number of halogens is 2. The summed E-state index contributed by atoms with van der Waals surface area (Å²) in [5.74, 6) is -2.55. The quantitative estimate of drug-likeness (QED) is 0.370. The third-order valence-electron chi connectivity index (χ3n) is 5.45. The number of fused-ring (bicyclic) bond motifs is 1. The second-order valence-corrected chi connectivity index (χ2v) is 8.47. The standard InChI is InChI=1S/C25H18Cl2N2O4/c1-14-7-9-16(10-8-14)22(30)15(2)28(23(31)17-11-12-20(26)21(27)13-17)29-24(32)18-5-3-4-6-19(18)25(29)33/h3-13,15H,1-2H3/t15-/m1/s1. The summed E-state index contributed by atoms with van der Waals surface area (Å²) in [7, 11) is 0. The number of nitrogens with zero attached hydrogens (tertiary/aromatic N) is 2. The highest BCUT2D eigenvalue weighted by atomic mass is 35.5. The lowest BCUT2D eigenvalue weighted by Crippen LogP contribution is -2.56. The van der Waals surface area contributed by atoms with Crippen molar-refractivity contribution in [1.29, 1.82) is 0 Å². The monoisotopic (exact) mass is 480 g/mol. The van der Waals surface area contributed by atoms with Gasteiger partial charge in [0.25, 0.3) is 17.7 Å². The predicted octanol–water partition coefficient (Wildman–Crippen LogP) is 5.23.